The van der Waals surface area contributed by atoms with Crippen molar-refractivity contribution in [3.63, 3.8) is 0 Å². The number of anilines is 3. The molecule has 0 amide bonds. The smallest absolute Gasteiger partial charge is 0.265 e. The third-order valence-corrected chi connectivity index (χ3v) is 9.02. The molecule has 0 saturated carbocycles. The number of morpholine rings is 1. The number of nitrogen functional groups attached to an aromatic ring is 2. The third-order valence-electron chi connectivity index (χ3n) is 7.61. The first-order valence-electron chi connectivity index (χ1n) is 13.5. The number of nitrogens with one attached hydrogen (secondary N) is 1. The summed E-state index contributed by atoms with van der Waals surface area (Å²) in [6.07, 6.45) is 8.03. The first-order valence-corrected chi connectivity index (χ1v) is 15.0. The molecular formula is C30H30N8O3S. The maximum Gasteiger partial charge on any atom is 0.265 e. The van der Waals surface area contributed by atoms with Gasteiger partial charge in [0.15, 0.2) is 0 Å². The lowest BCUT2D eigenvalue weighted by molar-refractivity contribution is 0.0193. The zero-order chi connectivity index (χ0) is 29.4. The molecule has 42 heavy (non-hydrogen) atoms. The number of hydrogen-bond acceptors (Lipinski definition) is 9. The van der Waals surface area contributed by atoms with Gasteiger partial charge >= 0.3 is 0 Å². The number of nitrogens with zero attached hydrogens (tertiary/aromatic N) is 5. The average Bonchev–Trinajstić information content (AvgIpc) is 3.32. The van der Waals surface area contributed by atoms with Crippen LogP contribution in [0.15, 0.2) is 77.9 Å². The molecule has 6 rings (SSSR count). The minimum absolute atomic E-state index is 0.128. The highest BCUT2D eigenvalue weighted by Crippen LogP contribution is 2.33. The van der Waals surface area contributed by atoms with Crippen LogP contribution in [0.1, 0.15) is 12.5 Å². The molecule has 4 aromatic rings. The molecule has 1 aliphatic carbocycles. The minimum atomic E-state index is -4.07. The summed E-state index contributed by atoms with van der Waals surface area (Å²) in [4.78, 5) is 11.0. The van der Waals surface area contributed by atoms with E-state index in [4.69, 9.17) is 21.5 Å². The maximum atomic E-state index is 13.3. The molecule has 0 bridgehead atoms. The van der Waals surface area contributed by atoms with Gasteiger partial charge in [0.2, 0.25) is 5.95 Å². The van der Waals surface area contributed by atoms with Crippen LogP contribution in [0.3, 0.4) is 0 Å². The van der Waals surface area contributed by atoms with Crippen LogP contribution in [0.5, 0.6) is 0 Å². The molecule has 1 aliphatic heterocycles. The quantitative estimate of drug-likeness (QED) is 0.307. The number of pyridine rings is 1. The van der Waals surface area contributed by atoms with E-state index in [1.54, 1.807) is 0 Å². The van der Waals surface area contributed by atoms with Gasteiger partial charge in [-0.2, -0.15) is 5.26 Å². The van der Waals surface area contributed by atoms with E-state index in [1.165, 1.54) is 36.5 Å². The van der Waals surface area contributed by atoms with Gasteiger partial charge in [0.05, 0.1) is 35.9 Å². The lowest BCUT2D eigenvalue weighted by Gasteiger charge is -2.37. The van der Waals surface area contributed by atoms with Crippen molar-refractivity contribution in [2.24, 2.45) is 5.92 Å². The summed E-state index contributed by atoms with van der Waals surface area (Å²) in [5, 5.41) is 9.01. The summed E-state index contributed by atoms with van der Waals surface area (Å²) in [5.74, 6) is 0.484. The predicted molar refractivity (Wildman–Crippen MR) is 163 cm³/mol. The number of benzene rings is 2. The highest BCUT2D eigenvalue weighted by atomic mass is 32.2. The summed E-state index contributed by atoms with van der Waals surface area (Å²) in [5.41, 5.74) is 16.9. The van der Waals surface area contributed by atoms with Gasteiger partial charge in [0.25, 0.3) is 10.0 Å². The number of aromatic nitrogens is 3. The Morgan fingerprint density at radius 3 is 2.55 bits per heavy atom. The lowest BCUT2D eigenvalue weighted by Crippen LogP contribution is -2.45. The van der Waals surface area contributed by atoms with Gasteiger partial charge in [-0.3, -0.25) is 14.2 Å². The SMILES string of the molecule is CC1C=C(n2c(N)nc3ccc(-c4cnc(N)c(S(=O)(=O)Nc5ccc(C#N)cc5)c4)cc32)C=CC1N1CCOCC1. The van der Waals surface area contributed by atoms with Crippen LogP contribution in [0.4, 0.5) is 17.5 Å². The van der Waals surface area contributed by atoms with Crippen molar-refractivity contribution >= 4 is 44.2 Å². The average molecular weight is 583 g/mol. The van der Waals surface area contributed by atoms with Gasteiger partial charge in [-0.05, 0) is 60.0 Å². The van der Waals surface area contributed by atoms with E-state index in [0.717, 1.165) is 43.1 Å². The number of rotatable bonds is 6. The van der Waals surface area contributed by atoms with Crippen molar-refractivity contribution < 1.29 is 13.2 Å². The van der Waals surface area contributed by atoms with Gasteiger partial charge in [-0.1, -0.05) is 25.1 Å². The van der Waals surface area contributed by atoms with Crippen LogP contribution in [0, 0.1) is 17.2 Å². The largest absolute Gasteiger partial charge is 0.383 e. The fraction of sp³-hybridized carbons (Fsp3) is 0.233. The van der Waals surface area contributed by atoms with E-state index in [1.807, 2.05) is 28.8 Å². The number of allylic oxidation sites excluding steroid dienone is 2. The summed E-state index contributed by atoms with van der Waals surface area (Å²) in [6, 6.07) is 15.5. The molecule has 0 radical (unpaired) electrons. The molecule has 11 nitrogen and oxygen atoms in total. The normalized spacial score (nSPS) is 19.4. The Labute approximate surface area is 243 Å². The Morgan fingerprint density at radius 1 is 1.07 bits per heavy atom. The highest BCUT2D eigenvalue weighted by molar-refractivity contribution is 7.92. The van der Waals surface area contributed by atoms with Gasteiger partial charge in [0, 0.05) is 42.3 Å². The highest BCUT2D eigenvalue weighted by Gasteiger charge is 2.27. The summed E-state index contributed by atoms with van der Waals surface area (Å²) in [6.45, 7) is 5.48. The Bertz CT molecular complexity index is 1870. The molecule has 3 heterocycles. The molecule has 2 aromatic carbocycles. The molecule has 2 aliphatic rings. The van der Waals surface area contributed by atoms with E-state index in [-0.39, 0.29) is 22.7 Å². The van der Waals surface area contributed by atoms with E-state index in [2.05, 4.69) is 44.7 Å². The van der Waals surface area contributed by atoms with Crippen LogP contribution >= 0.6 is 0 Å². The molecule has 2 unspecified atom stereocenters. The molecule has 5 N–H and O–H groups in total. The van der Waals surface area contributed by atoms with Gasteiger partial charge in [-0.15, -0.1) is 0 Å². The van der Waals surface area contributed by atoms with E-state index in [9.17, 15) is 8.42 Å². The lowest BCUT2D eigenvalue weighted by atomic mass is 9.93. The zero-order valence-corrected chi connectivity index (χ0v) is 23.8. The number of fused-ring (bicyclic) bond motifs is 1. The van der Waals surface area contributed by atoms with Crippen molar-refractivity contribution in [1.29, 1.82) is 5.26 Å². The van der Waals surface area contributed by atoms with Crippen molar-refractivity contribution in [1.82, 2.24) is 19.4 Å². The van der Waals surface area contributed by atoms with Crippen molar-refractivity contribution in [3.8, 4) is 17.2 Å². The second kappa shape index (κ2) is 10.9. The fourth-order valence-corrected chi connectivity index (χ4v) is 6.64. The number of hydrogen-bond donors (Lipinski definition) is 3. The van der Waals surface area contributed by atoms with E-state index >= 15 is 0 Å². The second-order valence-corrected chi connectivity index (χ2v) is 12.0. The minimum Gasteiger partial charge on any atom is -0.383 e. The van der Waals surface area contributed by atoms with Crippen LogP contribution in [0.25, 0.3) is 27.9 Å². The standard InChI is InChI=1S/C30H30N8O3S/c1-19-14-24(7-9-26(19)37-10-12-41-13-11-37)38-27-15-21(4-8-25(27)35-30(38)33)22-16-28(29(32)34-18-22)42(39,40)36-23-5-2-20(17-31)3-6-23/h2-9,14-16,18-19,26,36H,10-13H2,1H3,(H2,32,34)(H2,33,35). The summed E-state index contributed by atoms with van der Waals surface area (Å²) in [7, 11) is -4.07. The molecule has 12 heteroatoms. The Hall–Kier alpha value is -4.70. The first kappa shape index (κ1) is 27.5. The third kappa shape index (κ3) is 5.21. The number of ether oxygens (including phenoxy) is 1. The molecule has 2 atom stereocenters. The monoisotopic (exact) mass is 582 g/mol. The number of sulfonamides is 1. The van der Waals surface area contributed by atoms with Crippen molar-refractivity contribution in [3.05, 3.63) is 78.5 Å². The van der Waals surface area contributed by atoms with E-state index in [0.29, 0.717) is 28.3 Å². The Morgan fingerprint density at radius 2 is 1.83 bits per heavy atom. The van der Waals surface area contributed by atoms with Crippen LogP contribution in [0.2, 0.25) is 0 Å². The van der Waals surface area contributed by atoms with Gasteiger partial charge in [-0.25, -0.2) is 18.4 Å². The van der Waals surface area contributed by atoms with Gasteiger partial charge in [0.1, 0.15) is 10.7 Å². The maximum absolute atomic E-state index is 13.3. The zero-order valence-electron chi connectivity index (χ0n) is 22.9. The summed E-state index contributed by atoms with van der Waals surface area (Å²) >= 11 is 0. The topological polar surface area (TPSA) is 165 Å². The van der Waals surface area contributed by atoms with Crippen molar-refractivity contribution in [2.75, 3.05) is 42.5 Å². The van der Waals surface area contributed by atoms with Crippen LogP contribution < -0.4 is 16.2 Å². The molecule has 2 aromatic heterocycles. The first-order chi connectivity index (χ1) is 20.2. The van der Waals surface area contributed by atoms with E-state index < -0.39 is 10.0 Å². The molecular weight excluding hydrogens is 552 g/mol. The van der Waals surface area contributed by atoms with Crippen molar-refractivity contribution in [2.45, 2.75) is 17.9 Å². The summed E-state index contributed by atoms with van der Waals surface area (Å²) < 4.78 is 36.4. The second-order valence-electron chi connectivity index (χ2n) is 10.4. The number of nitrogens with two attached hydrogens (primary N) is 2. The van der Waals surface area contributed by atoms with Gasteiger partial charge < -0.3 is 16.2 Å². The number of imidazole rings is 1. The molecule has 1 saturated heterocycles. The Balaban J connectivity index is 1.33. The fourth-order valence-electron chi connectivity index (χ4n) is 5.47. The molecule has 1 fully saturated rings. The van der Waals surface area contributed by atoms with Crippen LogP contribution in [-0.4, -0.2) is 60.2 Å². The number of nitriles is 1. The van der Waals surface area contributed by atoms with Crippen LogP contribution in [-0.2, 0) is 14.8 Å². The molecule has 0 spiro atoms. The Kier molecular flexibility index (Phi) is 7.16. The predicted octanol–water partition coefficient (Wildman–Crippen LogP) is 3.68. The molecule has 214 valence electrons.